The van der Waals surface area contributed by atoms with Gasteiger partial charge in [-0.1, -0.05) is 38.5 Å². The molecule has 0 heterocycles. The average Bonchev–Trinajstić information content (AvgIpc) is 2.33. The zero-order valence-corrected chi connectivity index (χ0v) is 10.0. The van der Waals surface area contributed by atoms with E-state index in [4.69, 9.17) is 10.1 Å². The third-order valence-corrected chi connectivity index (χ3v) is 3.68. The zero-order chi connectivity index (χ0) is 11.6. The van der Waals surface area contributed by atoms with Gasteiger partial charge < -0.3 is 5.32 Å². The molecule has 0 aliphatic heterocycles. The molecule has 2 N–H and O–H groups in total. The van der Waals surface area contributed by atoms with E-state index in [1.807, 2.05) is 0 Å². The Labute approximate surface area is 97.7 Å². The van der Waals surface area contributed by atoms with E-state index >= 15 is 0 Å². The Balaban J connectivity index is 0.000000386. The molecule has 2 rings (SSSR count). The number of rotatable bonds is 2. The van der Waals surface area contributed by atoms with Crippen LogP contribution < -0.4 is 10.7 Å². The van der Waals surface area contributed by atoms with Gasteiger partial charge in [-0.3, -0.25) is 10.1 Å². The Morgan fingerprint density at radius 2 is 1.12 bits per heavy atom. The second-order valence-corrected chi connectivity index (χ2v) is 4.92. The van der Waals surface area contributed by atoms with Crippen LogP contribution in [0.4, 0.5) is 0 Å². The van der Waals surface area contributed by atoms with Crippen molar-refractivity contribution >= 4 is 0 Å². The van der Waals surface area contributed by atoms with Crippen molar-refractivity contribution in [3.8, 4) is 0 Å². The number of nitrogens with one attached hydrogen (secondary N) is 2. The molecular weight excluding hydrogens is 204 g/mol. The first-order valence-electron chi connectivity index (χ1n) is 6.62. The van der Waals surface area contributed by atoms with Gasteiger partial charge in [-0.15, -0.1) is 0 Å². The maximum atomic E-state index is 8.12. The Hall–Kier alpha value is -0.640. The fourth-order valence-electron chi connectivity index (χ4n) is 2.87. The molecule has 0 aromatic carbocycles. The first-order chi connectivity index (χ1) is 7.86. The van der Waals surface area contributed by atoms with Crippen molar-refractivity contribution in [1.29, 1.82) is 0 Å². The van der Waals surface area contributed by atoms with Gasteiger partial charge in [0.2, 0.25) is 0 Å². The van der Waals surface area contributed by atoms with Gasteiger partial charge in [0.1, 0.15) is 0 Å². The fourth-order valence-corrected chi connectivity index (χ4v) is 2.87. The van der Waals surface area contributed by atoms with E-state index in [0.29, 0.717) is 0 Å². The largest absolute Gasteiger partial charge is 0.311 e. The molecule has 0 atom stereocenters. The summed E-state index contributed by atoms with van der Waals surface area (Å²) in [6, 6.07) is 1.74. The van der Waals surface area contributed by atoms with Crippen LogP contribution in [0, 0.1) is 10.1 Å². The number of hydrogen-bond donors (Lipinski definition) is 2. The predicted octanol–water partition coefficient (Wildman–Crippen LogP) is 1.57. The quantitative estimate of drug-likeness (QED) is 0.557. The van der Waals surface area contributed by atoms with E-state index in [1.54, 1.807) is 0 Å². The minimum Gasteiger partial charge on any atom is -0.311 e. The highest BCUT2D eigenvalue weighted by Crippen LogP contribution is 2.22. The van der Waals surface area contributed by atoms with Crippen molar-refractivity contribution in [2.45, 2.75) is 76.3 Å². The summed E-state index contributed by atoms with van der Waals surface area (Å²) in [5, 5.41) is 12.2. The lowest BCUT2D eigenvalue weighted by molar-refractivity contribution is -0.398. The summed E-state index contributed by atoms with van der Waals surface area (Å²) in [6.07, 6.45) is 14.6. The van der Waals surface area contributed by atoms with Crippen LogP contribution in [0.15, 0.2) is 0 Å². The van der Waals surface area contributed by atoms with Crippen LogP contribution in [0.1, 0.15) is 64.2 Å². The summed E-state index contributed by atoms with van der Waals surface area (Å²) in [5.41, 5.74) is 0. The molecule has 2 saturated carbocycles. The normalized spacial score (nSPS) is 23.2. The maximum absolute atomic E-state index is 8.12. The molecule has 0 saturated heterocycles. The molecule has 0 unspecified atom stereocenters. The van der Waals surface area contributed by atoms with E-state index in [-0.39, 0.29) is 5.34 Å². The highest BCUT2D eigenvalue weighted by Gasteiger charge is 2.19. The molecule has 2 aliphatic rings. The van der Waals surface area contributed by atoms with E-state index in [0.717, 1.165) is 12.1 Å². The lowest BCUT2D eigenvalue weighted by Crippen LogP contribution is -2.53. The third-order valence-electron chi connectivity index (χ3n) is 3.68. The van der Waals surface area contributed by atoms with Crippen LogP contribution in [-0.2, 0) is 0 Å². The molecule has 4 nitrogen and oxygen atoms in total. The topological polar surface area (TPSA) is 66.1 Å². The molecular formula is C12H24N2O2. The molecule has 0 aromatic rings. The van der Waals surface area contributed by atoms with Gasteiger partial charge in [-0.2, -0.15) is 0 Å². The number of hydrogen-bond acceptors (Lipinski definition) is 3. The monoisotopic (exact) mass is 228 g/mol. The van der Waals surface area contributed by atoms with Crippen molar-refractivity contribution in [2.75, 3.05) is 0 Å². The molecule has 0 amide bonds. The SMILES string of the molecule is C1CCC(NC2CCCCC2)CC1.O=[NH+][O-]. The van der Waals surface area contributed by atoms with Crippen LogP contribution in [-0.4, -0.2) is 12.1 Å². The standard InChI is InChI=1S/C12H23N.HNO2/c1-3-7-11(8-4-1)13-12-9-5-2-6-10-12;2-1-3/h11-13H,1-10H2;1H. The van der Waals surface area contributed by atoms with E-state index in [2.05, 4.69) is 5.32 Å². The Bertz CT molecular complexity index is 160. The third kappa shape index (κ3) is 5.45. The summed E-state index contributed by atoms with van der Waals surface area (Å²) < 4.78 is 0. The zero-order valence-electron chi connectivity index (χ0n) is 10.0. The second kappa shape index (κ2) is 8.50. The molecule has 0 spiro atoms. The summed E-state index contributed by atoms with van der Waals surface area (Å²) in [7, 11) is 0. The van der Waals surface area contributed by atoms with E-state index < -0.39 is 0 Å². The van der Waals surface area contributed by atoms with Gasteiger partial charge in [0.15, 0.2) is 0 Å². The average molecular weight is 228 g/mol. The first kappa shape index (κ1) is 13.4. The summed E-state index contributed by atoms with van der Waals surface area (Å²) in [4.78, 5) is 8.12. The highest BCUT2D eigenvalue weighted by molar-refractivity contribution is 4.79. The van der Waals surface area contributed by atoms with Crippen molar-refractivity contribution < 1.29 is 5.34 Å². The van der Waals surface area contributed by atoms with Gasteiger partial charge in [0, 0.05) is 17.4 Å². The highest BCUT2D eigenvalue weighted by atomic mass is 16.6. The Morgan fingerprint density at radius 1 is 0.812 bits per heavy atom. The van der Waals surface area contributed by atoms with Gasteiger partial charge in [-0.25, -0.2) is 0 Å². The first-order valence-corrected chi connectivity index (χ1v) is 6.62. The minimum atomic E-state index is 0.250. The lowest BCUT2D eigenvalue weighted by Gasteiger charge is -2.30. The summed E-state index contributed by atoms with van der Waals surface area (Å²) in [5.74, 6) is 0. The summed E-state index contributed by atoms with van der Waals surface area (Å²) >= 11 is 0. The lowest BCUT2D eigenvalue weighted by atomic mass is 9.91. The van der Waals surface area contributed by atoms with Crippen LogP contribution in [0.3, 0.4) is 0 Å². The molecule has 2 aliphatic carbocycles. The Morgan fingerprint density at radius 3 is 1.44 bits per heavy atom. The molecule has 2 fully saturated rings. The van der Waals surface area contributed by atoms with Crippen molar-refractivity contribution in [2.24, 2.45) is 0 Å². The van der Waals surface area contributed by atoms with Gasteiger partial charge >= 0.3 is 0 Å². The molecule has 94 valence electrons. The minimum absolute atomic E-state index is 0.250. The summed E-state index contributed by atoms with van der Waals surface area (Å²) in [6.45, 7) is 0. The van der Waals surface area contributed by atoms with Crippen LogP contribution in [0.5, 0.6) is 0 Å². The molecule has 0 aromatic heterocycles. The molecule has 0 bridgehead atoms. The Kier molecular flexibility index (Phi) is 7.14. The van der Waals surface area contributed by atoms with Gasteiger partial charge in [-0.05, 0) is 25.7 Å². The van der Waals surface area contributed by atoms with Crippen LogP contribution in [0.25, 0.3) is 0 Å². The van der Waals surface area contributed by atoms with Gasteiger partial charge in [0.05, 0.1) is 0 Å². The van der Waals surface area contributed by atoms with E-state index in [1.165, 1.54) is 64.2 Å². The van der Waals surface area contributed by atoms with Gasteiger partial charge in [0.25, 0.3) is 0 Å². The van der Waals surface area contributed by atoms with Crippen LogP contribution >= 0.6 is 0 Å². The predicted molar refractivity (Wildman–Crippen MR) is 64.6 cm³/mol. The van der Waals surface area contributed by atoms with E-state index in [9.17, 15) is 0 Å². The maximum Gasteiger partial charge on any atom is 0.00696 e. The smallest absolute Gasteiger partial charge is 0.00696 e. The van der Waals surface area contributed by atoms with Crippen molar-refractivity contribution in [3.05, 3.63) is 10.1 Å². The van der Waals surface area contributed by atoms with Crippen molar-refractivity contribution in [3.63, 3.8) is 0 Å². The van der Waals surface area contributed by atoms with Crippen LogP contribution in [0.2, 0.25) is 0 Å². The van der Waals surface area contributed by atoms with Crippen molar-refractivity contribution in [1.82, 2.24) is 5.32 Å². The molecule has 0 radical (unpaired) electrons. The fraction of sp³-hybridized carbons (Fsp3) is 1.00. The molecule has 16 heavy (non-hydrogen) atoms. The molecule has 4 heteroatoms. The second-order valence-electron chi connectivity index (χ2n) is 4.92.